The van der Waals surface area contributed by atoms with E-state index in [4.69, 9.17) is 4.74 Å². The number of hydrogen-bond acceptors (Lipinski definition) is 3. The van der Waals surface area contributed by atoms with Crippen LogP contribution in [0.2, 0.25) is 0 Å². The minimum absolute atomic E-state index is 0.104. The summed E-state index contributed by atoms with van der Waals surface area (Å²) in [6.07, 6.45) is 6.72. The molecule has 2 fully saturated rings. The van der Waals surface area contributed by atoms with Crippen molar-refractivity contribution in [1.29, 1.82) is 0 Å². The van der Waals surface area contributed by atoms with Gasteiger partial charge in [0.25, 0.3) is 0 Å². The highest BCUT2D eigenvalue weighted by Gasteiger charge is 2.28. The number of amides is 1. The number of nitrogens with zero attached hydrogens (tertiary/aromatic N) is 1. The van der Waals surface area contributed by atoms with Crippen LogP contribution < -0.4 is 5.32 Å². The van der Waals surface area contributed by atoms with Crippen molar-refractivity contribution in [3.8, 4) is 0 Å². The Balaban J connectivity index is 1.88. The molecule has 0 aliphatic carbocycles. The summed E-state index contributed by atoms with van der Waals surface area (Å²) >= 11 is 0. The molecule has 0 aromatic heterocycles. The van der Waals surface area contributed by atoms with Crippen LogP contribution in [-0.4, -0.2) is 49.7 Å². The van der Waals surface area contributed by atoms with Crippen molar-refractivity contribution in [3.05, 3.63) is 0 Å². The van der Waals surface area contributed by atoms with Crippen molar-refractivity contribution in [2.75, 3.05) is 32.8 Å². The van der Waals surface area contributed by atoms with E-state index in [0.717, 1.165) is 51.9 Å². The molecule has 2 rings (SSSR count). The molecule has 19 heavy (non-hydrogen) atoms. The first kappa shape index (κ1) is 14.8. The van der Waals surface area contributed by atoms with Gasteiger partial charge in [0, 0.05) is 25.7 Å². The minimum Gasteiger partial charge on any atom is -0.381 e. The van der Waals surface area contributed by atoms with Gasteiger partial charge in [0.15, 0.2) is 0 Å². The number of carbonyl (C=O) groups is 1. The van der Waals surface area contributed by atoms with Gasteiger partial charge in [-0.3, -0.25) is 4.79 Å². The minimum atomic E-state index is 0.104. The molecule has 1 N–H and O–H groups in total. The standard InChI is InChI=1S/C15H28N2O2/c1-2-3-9-17(11-14-7-4-8-16-14)15(18)13-6-5-10-19-12-13/h13-14,16H,2-12H2,1H3. The maximum Gasteiger partial charge on any atom is 0.228 e. The Morgan fingerprint density at radius 2 is 2.26 bits per heavy atom. The zero-order valence-electron chi connectivity index (χ0n) is 12.2. The molecule has 1 amide bonds. The van der Waals surface area contributed by atoms with Gasteiger partial charge in [0.2, 0.25) is 5.91 Å². The maximum atomic E-state index is 12.6. The molecule has 0 radical (unpaired) electrons. The van der Waals surface area contributed by atoms with Crippen LogP contribution in [-0.2, 0) is 9.53 Å². The molecule has 2 aliphatic heterocycles. The van der Waals surface area contributed by atoms with Gasteiger partial charge in [-0.05, 0) is 38.6 Å². The second-order valence-electron chi connectivity index (χ2n) is 5.85. The predicted molar refractivity (Wildman–Crippen MR) is 76.1 cm³/mol. The van der Waals surface area contributed by atoms with Gasteiger partial charge < -0.3 is 15.0 Å². The largest absolute Gasteiger partial charge is 0.381 e. The van der Waals surface area contributed by atoms with Crippen molar-refractivity contribution in [2.45, 2.75) is 51.5 Å². The topological polar surface area (TPSA) is 41.6 Å². The zero-order chi connectivity index (χ0) is 13.5. The number of carbonyl (C=O) groups excluding carboxylic acids is 1. The molecule has 110 valence electrons. The van der Waals surface area contributed by atoms with Gasteiger partial charge >= 0.3 is 0 Å². The predicted octanol–water partition coefficient (Wildman–Crippen LogP) is 1.79. The Hall–Kier alpha value is -0.610. The molecule has 0 aromatic carbocycles. The molecule has 2 aliphatic rings. The SMILES string of the molecule is CCCCN(CC1CCCN1)C(=O)C1CCCOC1. The van der Waals surface area contributed by atoms with Gasteiger partial charge in [-0.1, -0.05) is 13.3 Å². The molecule has 2 saturated heterocycles. The second-order valence-corrected chi connectivity index (χ2v) is 5.85. The third-order valence-electron chi connectivity index (χ3n) is 4.21. The first-order chi connectivity index (χ1) is 9.31. The molecular weight excluding hydrogens is 240 g/mol. The molecule has 0 aromatic rings. The number of rotatable bonds is 6. The van der Waals surface area contributed by atoms with Crippen LogP contribution in [0.4, 0.5) is 0 Å². The van der Waals surface area contributed by atoms with Gasteiger partial charge in [0.05, 0.1) is 12.5 Å². The van der Waals surface area contributed by atoms with Crippen LogP contribution >= 0.6 is 0 Å². The number of ether oxygens (including phenoxy) is 1. The average molecular weight is 268 g/mol. The average Bonchev–Trinajstić information content (AvgIpc) is 2.96. The first-order valence-electron chi connectivity index (χ1n) is 7.91. The quantitative estimate of drug-likeness (QED) is 0.798. The summed E-state index contributed by atoms with van der Waals surface area (Å²) in [5.41, 5.74) is 0. The summed E-state index contributed by atoms with van der Waals surface area (Å²) in [5.74, 6) is 0.425. The Labute approximate surface area is 116 Å². The Morgan fingerprint density at radius 1 is 1.37 bits per heavy atom. The fourth-order valence-electron chi connectivity index (χ4n) is 3.01. The van der Waals surface area contributed by atoms with Crippen LogP contribution in [0.15, 0.2) is 0 Å². The zero-order valence-corrected chi connectivity index (χ0v) is 12.2. The van der Waals surface area contributed by atoms with E-state index in [-0.39, 0.29) is 5.92 Å². The summed E-state index contributed by atoms with van der Waals surface area (Å²) < 4.78 is 5.46. The lowest BCUT2D eigenvalue weighted by molar-refractivity contribution is -0.140. The summed E-state index contributed by atoms with van der Waals surface area (Å²) in [4.78, 5) is 14.7. The molecule has 0 spiro atoms. The molecule has 4 nitrogen and oxygen atoms in total. The second kappa shape index (κ2) is 7.85. The summed E-state index contributed by atoms with van der Waals surface area (Å²) in [6.45, 7) is 6.52. The summed E-state index contributed by atoms with van der Waals surface area (Å²) in [5, 5.41) is 3.50. The molecule has 0 bridgehead atoms. The molecule has 4 heteroatoms. The number of hydrogen-bond donors (Lipinski definition) is 1. The third-order valence-corrected chi connectivity index (χ3v) is 4.21. The highest BCUT2D eigenvalue weighted by molar-refractivity contribution is 5.79. The lowest BCUT2D eigenvalue weighted by atomic mass is 10.00. The fourth-order valence-corrected chi connectivity index (χ4v) is 3.01. The van der Waals surface area contributed by atoms with Crippen molar-refractivity contribution in [2.24, 2.45) is 5.92 Å². The molecule has 2 heterocycles. The van der Waals surface area contributed by atoms with E-state index < -0.39 is 0 Å². The molecule has 2 atom stereocenters. The van der Waals surface area contributed by atoms with Crippen LogP contribution in [0.5, 0.6) is 0 Å². The van der Waals surface area contributed by atoms with Crippen molar-refractivity contribution < 1.29 is 9.53 Å². The molecule has 2 unspecified atom stereocenters. The third kappa shape index (κ3) is 4.46. The van der Waals surface area contributed by atoms with Crippen LogP contribution in [0.3, 0.4) is 0 Å². The van der Waals surface area contributed by atoms with Crippen molar-refractivity contribution >= 4 is 5.91 Å². The van der Waals surface area contributed by atoms with E-state index in [1.807, 2.05) is 0 Å². The first-order valence-corrected chi connectivity index (χ1v) is 7.91. The Morgan fingerprint density at radius 3 is 2.89 bits per heavy atom. The Bertz CT molecular complexity index is 271. The highest BCUT2D eigenvalue weighted by atomic mass is 16.5. The molecule has 0 saturated carbocycles. The van der Waals surface area contributed by atoms with Crippen molar-refractivity contribution in [1.82, 2.24) is 10.2 Å². The van der Waals surface area contributed by atoms with Crippen LogP contribution in [0, 0.1) is 5.92 Å². The highest BCUT2D eigenvalue weighted by Crippen LogP contribution is 2.18. The maximum absolute atomic E-state index is 12.6. The van der Waals surface area contributed by atoms with E-state index in [2.05, 4.69) is 17.1 Å². The van der Waals surface area contributed by atoms with Gasteiger partial charge in [0.1, 0.15) is 0 Å². The van der Waals surface area contributed by atoms with E-state index >= 15 is 0 Å². The van der Waals surface area contributed by atoms with E-state index in [1.165, 1.54) is 12.8 Å². The monoisotopic (exact) mass is 268 g/mol. The van der Waals surface area contributed by atoms with E-state index in [1.54, 1.807) is 0 Å². The summed E-state index contributed by atoms with van der Waals surface area (Å²) in [7, 11) is 0. The smallest absolute Gasteiger partial charge is 0.228 e. The van der Waals surface area contributed by atoms with Crippen LogP contribution in [0.25, 0.3) is 0 Å². The Kier molecular flexibility index (Phi) is 6.11. The lowest BCUT2D eigenvalue weighted by Gasteiger charge is -2.31. The lowest BCUT2D eigenvalue weighted by Crippen LogP contribution is -2.45. The van der Waals surface area contributed by atoms with E-state index in [9.17, 15) is 4.79 Å². The fraction of sp³-hybridized carbons (Fsp3) is 0.933. The summed E-state index contributed by atoms with van der Waals surface area (Å²) in [6, 6.07) is 0.505. The van der Waals surface area contributed by atoms with Gasteiger partial charge in [-0.25, -0.2) is 0 Å². The number of unbranched alkanes of at least 4 members (excludes halogenated alkanes) is 1. The van der Waals surface area contributed by atoms with Crippen molar-refractivity contribution in [3.63, 3.8) is 0 Å². The van der Waals surface area contributed by atoms with E-state index in [0.29, 0.717) is 18.6 Å². The van der Waals surface area contributed by atoms with Crippen LogP contribution in [0.1, 0.15) is 45.4 Å². The molecular formula is C15H28N2O2. The number of nitrogens with one attached hydrogen (secondary N) is 1. The van der Waals surface area contributed by atoms with Gasteiger partial charge in [-0.15, -0.1) is 0 Å². The normalized spacial score (nSPS) is 27.4. The van der Waals surface area contributed by atoms with Gasteiger partial charge in [-0.2, -0.15) is 0 Å².